The van der Waals surface area contributed by atoms with Gasteiger partial charge < -0.3 is 9.40 Å². The predicted molar refractivity (Wildman–Crippen MR) is 54.2 cm³/mol. The molecule has 0 saturated carbocycles. The Bertz CT molecular complexity index is 574. The van der Waals surface area contributed by atoms with Crippen LogP contribution in [-0.2, 0) is 0 Å². The molecule has 0 amide bonds. The van der Waals surface area contributed by atoms with E-state index in [1.807, 2.05) is 13.0 Å². The molecule has 15 heavy (non-hydrogen) atoms. The Hall–Kier alpha value is -2.28. The van der Waals surface area contributed by atoms with Gasteiger partial charge in [-0.3, -0.25) is 4.79 Å². The van der Waals surface area contributed by atoms with Crippen molar-refractivity contribution in [2.75, 3.05) is 0 Å². The van der Waals surface area contributed by atoms with E-state index in [4.69, 9.17) is 9.68 Å². The van der Waals surface area contributed by atoms with Crippen molar-refractivity contribution >= 4 is 0 Å². The Morgan fingerprint density at radius 3 is 2.93 bits per heavy atom. The molecular weight excluding hydrogens is 192 g/mol. The standard InChI is InChI=1S/C11H8N2O2/c1-7-6-13-11(14)8(5-12)10(7)9-3-2-4-15-9/h2-4,6H,1H3,(H,13,14). The highest BCUT2D eigenvalue weighted by molar-refractivity contribution is 5.68. The van der Waals surface area contributed by atoms with E-state index >= 15 is 0 Å². The molecule has 0 aromatic carbocycles. The minimum absolute atomic E-state index is 0.0879. The van der Waals surface area contributed by atoms with Gasteiger partial charge in [-0.1, -0.05) is 0 Å². The van der Waals surface area contributed by atoms with Gasteiger partial charge in [0.1, 0.15) is 17.4 Å². The highest BCUT2D eigenvalue weighted by Crippen LogP contribution is 2.24. The molecular formula is C11H8N2O2. The van der Waals surface area contributed by atoms with Crippen molar-refractivity contribution in [2.24, 2.45) is 0 Å². The third-order valence-electron chi connectivity index (χ3n) is 2.17. The number of hydrogen-bond donors (Lipinski definition) is 1. The van der Waals surface area contributed by atoms with Crippen LogP contribution in [0.4, 0.5) is 0 Å². The maximum atomic E-state index is 11.4. The van der Waals surface area contributed by atoms with Gasteiger partial charge in [0.15, 0.2) is 0 Å². The summed E-state index contributed by atoms with van der Waals surface area (Å²) in [5, 5.41) is 8.91. The van der Waals surface area contributed by atoms with Crippen molar-refractivity contribution in [3.63, 3.8) is 0 Å². The van der Waals surface area contributed by atoms with Crippen LogP contribution >= 0.6 is 0 Å². The number of rotatable bonds is 1. The van der Waals surface area contributed by atoms with E-state index in [0.29, 0.717) is 11.3 Å². The lowest BCUT2D eigenvalue weighted by atomic mass is 10.0. The molecule has 0 atom stereocenters. The van der Waals surface area contributed by atoms with Crippen LogP contribution in [-0.4, -0.2) is 4.98 Å². The molecule has 4 nitrogen and oxygen atoms in total. The van der Waals surface area contributed by atoms with Crippen LogP contribution in [0, 0.1) is 18.3 Å². The van der Waals surface area contributed by atoms with Crippen LogP contribution in [0.2, 0.25) is 0 Å². The van der Waals surface area contributed by atoms with Gasteiger partial charge >= 0.3 is 0 Å². The Balaban J connectivity index is 2.82. The summed E-state index contributed by atoms with van der Waals surface area (Å²) in [5.74, 6) is 0.537. The normalized spacial score (nSPS) is 9.87. The lowest BCUT2D eigenvalue weighted by molar-refractivity contribution is 0.581. The molecule has 4 heteroatoms. The van der Waals surface area contributed by atoms with Gasteiger partial charge in [-0.25, -0.2) is 0 Å². The van der Waals surface area contributed by atoms with Crippen LogP contribution in [0.15, 0.2) is 33.8 Å². The highest BCUT2D eigenvalue weighted by Gasteiger charge is 2.13. The van der Waals surface area contributed by atoms with Crippen molar-refractivity contribution in [3.05, 3.63) is 46.1 Å². The summed E-state index contributed by atoms with van der Waals surface area (Å²) in [7, 11) is 0. The average Bonchev–Trinajstić information content (AvgIpc) is 2.74. The Labute approximate surface area is 85.8 Å². The summed E-state index contributed by atoms with van der Waals surface area (Å²) in [6, 6.07) is 5.33. The van der Waals surface area contributed by atoms with Crippen molar-refractivity contribution in [3.8, 4) is 17.4 Å². The lowest BCUT2D eigenvalue weighted by Gasteiger charge is -2.03. The zero-order valence-corrected chi connectivity index (χ0v) is 8.07. The minimum atomic E-state index is -0.394. The minimum Gasteiger partial charge on any atom is -0.464 e. The molecule has 2 aromatic rings. The molecule has 2 aromatic heterocycles. The number of nitrogens with one attached hydrogen (secondary N) is 1. The lowest BCUT2D eigenvalue weighted by Crippen LogP contribution is -2.11. The number of hydrogen-bond acceptors (Lipinski definition) is 3. The summed E-state index contributed by atoms with van der Waals surface area (Å²) >= 11 is 0. The fraction of sp³-hybridized carbons (Fsp3) is 0.0909. The summed E-state index contributed by atoms with van der Waals surface area (Å²) in [5.41, 5.74) is 1.06. The number of nitriles is 1. The summed E-state index contributed by atoms with van der Waals surface area (Å²) < 4.78 is 5.19. The van der Waals surface area contributed by atoms with Crippen LogP contribution in [0.3, 0.4) is 0 Å². The van der Waals surface area contributed by atoms with Gasteiger partial charge in [0.2, 0.25) is 0 Å². The molecule has 0 fully saturated rings. The molecule has 0 aliphatic heterocycles. The fourth-order valence-electron chi connectivity index (χ4n) is 1.47. The number of aromatic nitrogens is 1. The Morgan fingerprint density at radius 2 is 2.33 bits per heavy atom. The molecule has 2 heterocycles. The second-order valence-corrected chi connectivity index (χ2v) is 3.14. The zero-order valence-electron chi connectivity index (χ0n) is 8.07. The van der Waals surface area contributed by atoms with Gasteiger partial charge in [-0.15, -0.1) is 0 Å². The number of furan rings is 1. The maximum absolute atomic E-state index is 11.4. The second-order valence-electron chi connectivity index (χ2n) is 3.14. The van der Waals surface area contributed by atoms with Gasteiger partial charge in [-0.2, -0.15) is 5.26 Å². The number of pyridine rings is 1. The first-order valence-corrected chi connectivity index (χ1v) is 4.40. The first-order chi connectivity index (χ1) is 7.24. The van der Waals surface area contributed by atoms with Crippen molar-refractivity contribution in [2.45, 2.75) is 6.92 Å². The van der Waals surface area contributed by atoms with E-state index in [1.165, 1.54) is 6.26 Å². The summed E-state index contributed by atoms with van der Waals surface area (Å²) in [4.78, 5) is 13.9. The zero-order chi connectivity index (χ0) is 10.8. The Morgan fingerprint density at radius 1 is 1.53 bits per heavy atom. The van der Waals surface area contributed by atoms with Crippen molar-refractivity contribution < 1.29 is 4.42 Å². The van der Waals surface area contributed by atoms with E-state index in [0.717, 1.165) is 5.56 Å². The SMILES string of the molecule is Cc1c[nH]c(=O)c(C#N)c1-c1ccco1. The molecule has 0 aliphatic rings. The van der Waals surface area contributed by atoms with E-state index in [2.05, 4.69) is 4.98 Å². The summed E-state index contributed by atoms with van der Waals surface area (Å²) in [6.45, 7) is 1.81. The average molecular weight is 200 g/mol. The Kier molecular flexibility index (Phi) is 2.14. The van der Waals surface area contributed by atoms with E-state index in [1.54, 1.807) is 18.3 Å². The van der Waals surface area contributed by atoms with Crippen molar-refractivity contribution in [1.29, 1.82) is 5.26 Å². The van der Waals surface area contributed by atoms with Crippen LogP contribution < -0.4 is 5.56 Å². The van der Waals surface area contributed by atoms with Gasteiger partial charge in [0.05, 0.1) is 6.26 Å². The predicted octanol–water partition coefficient (Wildman–Crippen LogP) is 1.81. The van der Waals surface area contributed by atoms with Crippen LogP contribution in [0.5, 0.6) is 0 Å². The van der Waals surface area contributed by atoms with E-state index in [9.17, 15) is 4.79 Å². The van der Waals surface area contributed by atoms with E-state index in [-0.39, 0.29) is 5.56 Å². The highest BCUT2D eigenvalue weighted by atomic mass is 16.3. The number of aryl methyl sites for hydroxylation is 1. The third kappa shape index (κ3) is 1.44. The first kappa shape index (κ1) is 9.28. The van der Waals surface area contributed by atoms with Crippen LogP contribution in [0.1, 0.15) is 11.1 Å². The molecule has 2 rings (SSSR count). The number of nitrogens with zero attached hydrogens (tertiary/aromatic N) is 1. The number of H-pyrrole nitrogens is 1. The van der Waals surface area contributed by atoms with Crippen molar-refractivity contribution in [1.82, 2.24) is 4.98 Å². The van der Waals surface area contributed by atoms with Crippen LogP contribution in [0.25, 0.3) is 11.3 Å². The molecule has 0 radical (unpaired) electrons. The number of aromatic amines is 1. The van der Waals surface area contributed by atoms with Gasteiger partial charge in [0.25, 0.3) is 5.56 Å². The molecule has 1 N–H and O–H groups in total. The smallest absolute Gasteiger partial charge is 0.266 e. The quantitative estimate of drug-likeness (QED) is 0.763. The van der Waals surface area contributed by atoms with E-state index < -0.39 is 5.56 Å². The molecule has 0 bridgehead atoms. The third-order valence-corrected chi connectivity index (χ3v) is 2.17. The fourth-order valence-corrected chi connectivity index (χ4v) is 1.47. The summed E-state index contributed by atoms with van der Waals surface area (Å²) in [6.07, 6.45) is 3.08. The first-order valence-electron chi connectivity index (χ1n) is 4.40. The topological polar surface area (TPSA) is 69.8 Å². The van der Waals surface area contributed by atoms with Gasteiger partial charge in [0, 0.05) is 11.8 Å². The molecule has 0 spiro atoms. The second kappa shape index (κ2) is 3.46. The largest absolute Gasteiger partial charge is 0.464 e. The monoisotopic (exact) mass is 200 g/mol. The molecule has 0 aliphatic carbocycles. The molecule has 0 unspecified atom stereocenters. The van der Waals surface area contributed by atoms with Gasteiger partial charge in [-0.05, 0) is 24.6 Å². The molecule has 0 saturated heterocycles. The molecule has 74 valence electrons. The maximum Gasteiger partial charge on any atom is 0.266 e.